The maximum atomic E-state index is 14.1. The molecule has 10 heteroatoms. The van der Waals surface area contributed by atoms with E-state index in [1.54, 1.807) is 0 Å². The second-order valence-electron chi connectivity index (χ2n) is 7.49. The normalized spacial score (nSPS) is 14.5. The molecule has 0 aliphatic heterocycles. The topological polar surface area (TPSA) is 99.2 Å². The van der Waals surface area contributed by atoms with E-state index < -0.39 is 35.1 Å². The van der Waals surface area contributed by atoms with E-state index in [9.17, 15) is 27.2 Å². The Balaban J connectivity index is 1.98. The number of carbonyl (C=O) groups excluding carboxylic acids is 2. The Morgan fingerprint density at radius 1 is 1.09 bits per heavy atom. The Morgan fingerprint density at radius 3 is 2.34 bits per heavy atom. The van der Waals surface area contributed by atoms with Gasteiger partial charge in [0.1, 0.15) is 5.82 Å². The number of hydrogen-bond donors (Lipinski definition) is 2. The van der Waals surface area contributed by atoms with Crippen molar-refractivity contribution in [3.8, 4) is 6.07 Å². The van der Waals surface area contributed by atoms with Crippen LogP contribution in [0.15, 0.2) is 36.4 Å². The zero-order valence-corrected chi connectivity index (χ0v) is 16.9. The molecule has 168 valence electrons. The van der Waals surface area contributed by atoms with Crippen molar-refractivity contribution < 1.29 is 27.2 Å². The third-order valence-corrected chi connectivity index (χ3v) is 5.35. The molecule has 3 N–H and O–H groups in total. The average Bonchev–Trinajstić information content (AvgIpc) is 2.74. The Labute approximate surface area is 181 Å². The summed E-state index contributed by atoms with van der Waals surface area (Å²) in [6.45, 7) is 0. The average molecular weight is 448 g/mol. The van der Waals surface area contributed by atoms with Crippen molar-refractivity contribution >= 4 is 23.3 Å². The number of anilines is 2. The van der Waals surface area contributed by atoms with Crippen molar-refractivity contribution in [1.82, 2.24) is 0 Å². The fourth-order valence-electron chi connectivity index (χ4n) is 3.82. The first-order chi connectivity index (χ1) is 15.1. The SMILES string of the molecule is N#Cc1ccc(N(C(=O)Nc2ccc(C(N)=O)c(F)c2)C2CCCCC2)cc1C(F)(F)F. The van der Waals surface area contributed by atoms with Crippen LogP contribution >= 0.6 is 0 Å². The molecule has 6 nitrogen and oxygen atoms in total. The van der Waals surface area contributed by atoms with Crippen LogP contribution in [0, 0.1) is 17.1 Å². The smallest absolute Gasteiger partial charge is 0.366 e. The Morgan fingerprint density at radius 2 is 1.78 bits per heavy atom. The minimum atomic E-state index is -4.77. The third-order valence-electron chi connectivity index (χ3n) is 5.35. The number of primary amides is 1. The van der Waals surface area contributed by atoms with Crippen LogP contribution in [0.5, 0.6) is 0 Å². The molecule has 1 fully saturated rings. The predicted octanol–water partition coefficient (Wildman–Crippen LogP) is 5.19. The van der Waals surface area contributed by atoms with Gasteiger partial charge in [0.15, 0.2) is 0 Å². The van der Waals surface area contributed by atoms with E-state index >= 15 is 0 Å². The largest absolute Gasteiger partial charge is 0.417 e. The van der Waals surface area contributed by atoms with Gasteiger partial charge in [-0.2, -0.15) is 18.4 Å². The van der Waals surface area contributed by atoms with E-state index in [0.717, 1.165) is 43.5 Å². The summed E-state index contributed by atoms with van der Waals surface area (Å²) in [5.74, 6) is -1.90. The predicted molar refractivity (Wildman–Crippen MR) is 109 cm³/mol. The second-order valence-corrected chi connectivity index (χ2v) is 7.49. The summed E-state index contributed by atoms with van der Waals surface area (Å²) in [6.07, 6.45) is -1.04. The van der Waals surface area contributed by atoms with Gasteiger partial charge in [-0.15, -0.1) is 0 Å². The fraction of sp³-hybridized carbons (Fsp3) is 0.318. The molecule has 0 heterocycles. The highest BCUT2D eigenvalue weighted by atomic mass is 19.4. The molecule has 0 saturated heterocycles. The van der Waals surface area contributed by atoms with Crippen LogP contribution in [0.1, 0.15) is 53.6 Å². The van der Waals surface area contributed by atoms with Gasteiger partial charge in [-0.1, -0.05) is 19.3 Å². The molecule has 0 spiro atoms. The zero-order valence-electron chi connectivity index (χ0n) is 16.9. The Bertz CT molecular complexity index is 1070. The number of nitrogens with zero attached hydrogens (tertiary/aromatic N) is 2. The molecule has 1 saturated carbocycles. The molecular formula is C22H20F4N4O2. The number of nitrogens with two attached hydrogens (primary N) is 1. The maximum Gasteiger partial charge on any atom is 0.417 e. The van der Waals surface area contributed by atoms with Crippen LogP contribution in [-0.2, 0) is 6.18 Å². The summed E-state index contributed by atoms with van der Waals surface area (Å²) >= 11 is 0. The van der Waals surface area contributed by atoms with Crippen LogP contribution in [0.3, 0.4) is 0 Å². The molecule has 0 aromatic heterocycles. The van der Waals surface area contributed by atoms with Crippen LogP contribution in [0.4, 0.5) is 33.7 Å². The molecule has 0 radical (unpaired) electrons. The molecule has 3 rings (SSSR count). The van der Waals surface area contributed by atoms with E-state index in [1.165, 1.54) is 23.1 Å². The van der Waals surface area contributed by atoms with Gasteiger partial charge in [0, 0.05) is 17.4 Å². The van der Waals surface area contributed by atoms with Gasteiger partial charge in [0.05, 0.1) is 22.8 Å². The molecular weight excluding hydrogens is 428 g/mol. The van der Waals surface area contributed by atoms with Crippen molar-refractivity contribution in [2.75, 3.05) is 10.2 Å². The van der Waals surface area contributed by atoms with Gasteiger partial charge in [-0.3, -0.25) is 9.69 Å². The molecule has 0 bridgehead atoms. The minimum Gasteiger partial charge on any atom is -0.366 e. The first-order valence-corrected chi connectivity index (χ1v) is 9.92. The first kappa shape index (κ1) is 23.1. The summed E-state index contributed by atoms with van der Waals surface area (Å²) in [5.41, 5.74) is 3.03. The monoisotopic (exact) mass is 448 g/mol. The zero-order chi connectivity index (χ0) is 23.5. The Kier molecular flexibility index (Phi) is 6.67. The number of hydrogen-bond acceptors (Lipinski definition) is 3. The van der Waals surface area contributed by atoms with Crippen LogP contribution < -0.4 is 16.0 Å². The van der Waals surface area contributed by atoms with E-state index in [0.29, 0.717) is 12.8 Å². The second kappa shape index (κ2) is 9.26. The van der Waals surface area contributed by atoms with Crippen molar-refractivity contribution in [1.29, 1.82) is 5.26 Å². The van der Waals surface area contributed by atoms with E-state index in [2.05, 4.69) is 5.32 Å². The standard InChI is InChI=1S/C22H20F4N4O2/c23-19-10-14(7-9-17(19)20(28)31)29-21(32)30(15-4-2-1-3-5-15)16-8-6-13(12-27)18(11-16)22(24,25)26/h6-11,15H,1-5H2,(H2,28,31)(H,29,32). The molecule has 2 aromatic rings. The summed E-state index contributed by atoms with van der Waals surface area (Å²) in [7, 11) is 0. The van der Waals surface area contributed by atoms with Gasteiger partial charge >= 0.3 is 12.2 Å². The molecule has 32 heavy (non-hydrogen) atoms. The van der Waals surface area contributed by atoms with Gasteiger partial charge < -0.3 is 11.1 Å². The number of rotatable bonds is 4. The van der Waals surface area contributed by atoms with Crippen LogP contribution in [0.2, 0.25) is 0 Å². The number of benzene rings is 2. The number of alkyl halides is 3. The lowest BCUT2D eigenvalue weighted by Crippen LogP contribution is -2.44. The summed E-state index contributed by atoms with van der Waals surface area (Å²) < 4.78 is 54.5. The minimum absolute atomic E-state index is 0.0167. The molecule has 3 amide bonds. The van der Waals surface area contributed by atoms with E-state index in [4.69, 9.17) is 11.0 Å². The number of urea groups is 1. The van der Waals surface area contributed by atoms with Crippen molar-refractivity contribution in [3.05, 3.63) is 58.9 Å². The lowest BCUT2D eigenvalue weighted by Gasteiger charge is -2.34. The van der Waals surface area contributed by atoms with Crippen LogP contribution in [-0.4, -0.2) is 18.0 Å². The Hall–Kier alpha value is -3.61. The summed E-state index contributed by atoms with van der Waals surface area (Å²) in [5, 5.41) is 11.5. The van der Waals surface area contributed by atoms with Crippen molar-refractivity contribution in [3.63, 3.8) is 0 Å². The highest BCUT2D eigenvalue weighted by Crippen LogP contribution is 2.36. The van der Waals surface area contributed by atoms with E-state index in [1.807, 2.05) is 0 Å². The molecule has 0 atom stereocenters. The molecule has 0 unspecified atom stereocenters. The van der Waals surface area contributed by atoms with Gasteiger partial charge in [0.2, 0.25) is 0 Å². The lowest BCUT2D eigenvalue weighted by molar-refractivity contribution is -0.137. The summed E-state index contributed by atoms with van der Waals surface area (Å²) in [4.78, 5) is 25.5. The molecule has 1 aliphatic rings. The number of carbonyl (C=O) groups is 2. The van der Waals surface area contributed by atoms with E-state index in [-0.39, 0.29) is 23.0 Å². The number of nitriles is 1. The third kappa shape index (κ3) is 4.99. The maximum absolute atomic E-state index is 14.1. The summed E-state index contributed by atoms with van der Waals surface area (Å²) in [6, 6.07) is 6.81. The number of amides is 3. The first-order valence-electron chi connectivity index (χ1n) is 9.92. The molecule has 2 aromatic carbocycles. The lowest BCUT2D eigenvalue weighted by atomic mass is 9.93. The fourth-order valence-corrected chi connectivity index (χ4v) is 3.82. The van der Waals surface area contributed by atoms with Crippen LogP contribution in [0.25, 0.3) is 0 Å². The molecule has 1 aliphatic carbocycles. The van der Waals surface area contributed by atoms with Gasteiger partial charge in [-0.05, 0) is 49.2 Å². The van der Waals surface area contributed by atoms with Gasteiger partial charge in [-0.25, -0.2) is 9.18 Å². The van der Waals surface area contributed by atoms with Gasteiger partial charge in [0.25, 0.3) is 5.91 Å². The highest BCUT2D eigenvalue weighted by Gasteiger charge is 2.36. The quantitative estimate of drug-likeness (QED) is 0.630. The highest BCUT2D eigenvalue weighted by molar-refractivity contribution is 6.02. The number of nitrogens with one attached hydrogen (secondary N) is 1. The number of halogens is 4. The van der Waals surface area contributed by atoms with Crippen molar-refractivity contribution in [2.45, 2.75) is 44.3 Å². The van der Waals surface area contributed by atoms with Crippen molar-refractivity contribution in [2.24, 2.45) is 5.73 Å².